The van der Waals surface area contributed by atoms with Crippen LogP contribution in [0.25, 0.3) is 0 Å². The molecule has 2 unspecified atom stereocenters. The Bertz CT molecular complexity index is 156. The zero-order valence-corrected chi connectivity index (χ0v) is 10.00. The monoisotopic (exact) mass is 198 g/mol. The van der Waals surface area contributed by atoms with Crippen LogP contribution in [0.4, 0.5) is 0 Å². The van der Waals surface area contributed by atoms with Crippen LogP contribution in [-0.4, -0.2) is 30.1 Å². The lowest BCUT2D eigenvalue weighted by Gasteiger charge is -2.34. The molecule has 0 bridgehead atoms. The van der Waals surface area contributed by atoms with Crippen molar-refractivity contribution >= 4 is 0 Å². The first-order valence-electron chi connectivity index (χ1n) is 6.16. The highest BCUT2D eigenvalue weighted by molar-refractivity contribution is 4.86. The van der Waals surface area contributed by atoms with E-state index in [0.29, 0.717) is 0 Å². The smallest absolute Gasteiger partial charge is 0.0122 e. The molecule has 2 heteroatoms. The van der Waals surface area contributed by atoms with Gasteiger partial charge < -0.3 is 5.73 Å². The summed E-state index contributed by atoms with van der Waals surface area (Å²) in [5.41, 5.74) is 5.67. The number of rotatable bonds is 5. The molecule has 1 fully saturated rings. The lowest BCUT2D eigenvalue weighted by Crippen LogP contribution is -2.42. The van der Waals surface area contributed by atoms with Crippen molar-refractivity contribution in [1.29, 1.82) is 0 Å². The first-order valence-corrected chi connectivity index (χ1v) is 6.16. The summed E-state index contributed by atoms with van der Waals surface area (Å²) in [4.78, 5) is 2.71. The summed E-state index contributed by atoms with van der Waals surface area (Å²) in [6.07, 6.45) is 5.18. The Labute approximate surface area is 88.8 Å². The third-order valence-corrected chi connectivity index (χ3v) is 3.55. The van der Waals surface area contributed by atoms with Crippen molar-refractivity contribution in [3.63, 3.8) is 0 Å². The van der Waals surface area contributed by atoms with E-state index in [9.17, 15) is 0 Å². The second kappa shape index (κ2) is 5.72. The van der Waals surface area contributed by atoms with Crippen molar-refractivity contribution in [1.82, 2.24) is 4.90 Å². The van der Waals surface area contributed by atoms with Gasteiger partial charge in [-0.25, -0.2) is 0 Å². The van der Waals surface area contributed by atoms with Crippen LogP contribution in [0.2, 0.25) is 0 Å². The molecule has 0 amide bonds. The number of likely N-dealkylation sites (tertiary alicyclic amines) is 1. The first-order chi connectivity index (χ1) is 6.70. The van der Waals surface area contributed by atoms with Crippen LogP contribution in [0, 0.1) is 5.92 Å². The molecule has 1 saturated heterocycles. The van der Waals surface area contributed by atoms with Gasteiger partial charge in [0.2, 0.25) is 0 Å². The van der Waals surface area contributed by atoms with Gasteiger partial charge in [0.25, 0.3) is 0 Å². The van der Waals surface area contributed by atoms with Crippen LogP contribution in [0.5, 0.6) is 0 Å². The molecule has 0 spiro atoms. The average molecular weight is 198 g/mol. The fraction of sp³-hybridized carbons (Fsp3) is 1.00. The van der Waals surface area contributed by atoms with Crippen molar-refractivity contribution in [2.75, 3.05) is 13.1 Å². The fourth-order valence-corrected chi connectivity index (χ4v) is 2.78. The van der Waals surface area contributed by atoms with Crippen LogP contribution in [0.3, 0.4) is 0 Å². The zero-order valence-electron chi connectivity index (χ0n) is 10.00. The first kappa shape index (κ1) is 12.0. The van der Waals surface area contributed by atoms with Crippen LogP contribution in [-0.2, 0) is 0 Å². The van der Waals surface area contributed by atoms with Gasteiger partial charge in [-0.3, -0.25) is 4.90 Å². The summed E-state index contributed by atoms with van der Waals surface area (Å²) in [6.45, 7) is 9.10. The maximum atomic E-state index is 5.67. The molecule has 2 N–H and O–H groups in total. The Morgan fingerprint density at radius 3 is 2.64 bits per heavy atom. The van der Waals surface area contributed by atoms with Gasteiger partial charge in [0, 0.05) is 12.1 Å². The molecule has 84 valence electrons. The minimum absolute atomic E-state index is 0.731. The molecule has 2 nitrogen and oxygen atoms in total. The van der Waals surface area contributed by atoms with Crippen LogP contribution >= 0.6 is 0 Å². The van der Waals surface area contributed by atoms with E-state index in [-0.39, 0.29) is 0 Å². The number of hydrogen-bond acceptors (Lipinski definition) is 2. The molecule has 14 heavy (non-hydrogen) atoms. The van der Waals surface area contributed by atoms with Crippen molar-refractivity contribution in [3.8, 4) is 0 Å². The summed E-state index contributed by atoms with van der Waals surface area (Å²) in [6, 6.07) is 1.54. The third-order valence-electron chi connectivity index (χ3n) is 3.55. The Morgan fingerprint density at radius 2 is 2.14 bits per heavy atom. The highest BCUT2D eigenvalue weighted by atomic mass is 15.2. The molecular weight excluding hydrogens is 172 g/mol. The summed E-state index contributed by atoms with van der Waals surface area (Å²) >= 11 is 0. The minimum Gasteiger partial charge on any atom is -0.330 e. The maximum Gasteiger partial charge on any atom is 0.0122 e. The van der Waals surface area contributed by atoms with Gasteiger partial charge in [-0.2, -0.15) is 0 Å². The van der Waals surface area contributed by atoms with Gasteiger partial charge in [-0.05, 0) is 44.7 Å². The minimum atomic E-state index is 0.731. The van der Waals surface area contributed by atoms with Crippen molar-refractivity contribution in [3.05, 3.63) is 0 Å². The zero-order chi connectivity index (χ0) is 10.6. The molecule has 2 atom stereocenters. The molecule has 1 aliphatic rings. The summed E-state index contributed by atoms with van der Waals surface area (Å²) in [5.74, 6) is 0.796. The van der Waals surface area contributed by atoms with Crippen molar-refractivity contribution in [2.45, 2.75) is 58.5 Å². The molecule has 0 radical (unpaired) electrons. The Balaban J connectivity index is 2.54. The molecule has 0 saturated carbocycles. The van der Waals surface area contributed by atoms with Crippen molar-refractivity contribution in [2.24, 2.45) is 11.7 Å². The molecule has 1 heterocycles. The number of nitrogens with two attached hydrogens (primary N) is 1. The van der Waals surface area contributed by atoms with E-state index in [2.05, 4.69) is 25.7 Å². The van der Waals surface area contributed by atoms with Gasteiger partial charge in [0.15, 0.2) is 0 Å². The van der Waals surface area contributed by atoms with Gasteiger partial charge in [0.05, 0.1) is 0 Å². The topological polar surface area (TPSA) is 29.3 Å². The van der Waals surface area contributed by atoms with E-state index >= 15 is 0 Å². The molecule has 0 aliphatic carbocycles. The lowest BCUT2D eigenvalue weighted by molar-refractivity contribution is 0.136. The van der Waals surface area contributed by atoms with Crippen LogP contribution in [0.15, 0.2) is 0 Å². The van der Waals surface area contributed by atoms with Gasteiger partial charge >= 0.3 is 0 Å². The van der Waals surface area contributed by atoms with E-state index in [1.165, 1.54) is 32.2 Å². The van der Waals surface area contributed by atoms with Gasteiger partial charge in [0.1, 0.15) is 0 Å². The van der Waals surface area contributed by atoms with E-state index in [0.717, 1.165) is 24.5 Å². The molecule has 1 rings (SSSR count). The van der Waals surface area contributed by atoms with Crippen molar-refractivity contribution < 1.29 is 0 Å². The van der Waals surface area contributed by atoms with Crippen LogP contribution < -0.4 is 5.73 Å². The van der Waals surface area contributed by atoms with Crippen LogP contribution in [0.1, 0.15) is 46.5 Å². The average Bonchev–Trinajstić information content (AvgIpc) is 2.62. The summed E-state index contributed by atoms with van der Waals surface area (Å²) < 4.78 is 0. The highest BCUT2D eigenvalue weighted by Gasteiger charge is 2.30. The number of hydrogen-bond donors (Lipinski definition) is 1. The summed E-state index contributed by atoms with van der Waals surface area (Å²) in [7, 11) is 0. The number of nitrogens with zero attached hydrogens (tertiary/aromatic N) is 1. The second-order valence-electron chi connectivity index (χ2n) is 4.83. The largest absolute Gasteiger partial charge is 0.330 e. The standard InChI is InChI=1S/C12H26N2/c1-4-11(7-8-13)14-9-5-6-12(14)10(2)3/h10-12H,4-9,13H2,1-3H3. The Morgan fingerprint density at radius 1 is 1.43 bits per heavy atom. The predicted octanol–water partition coefficient (Wildman–Crippen LogP) is 2.23. The second-order valence-corrected chi connectivity index (χ2v) is 4.83. The molecule has 0 aromatic heterocycles. The Hall–Kier alpha value is -0.0800. The third kappa shape index (κ3) is 2.71. The van der Waals surface area contributed by atoms with E-state index in [1.54, 1.807) is 0 Å². The SMILES string of the molecule is CCC(CCN)N1CCCC1C(C)C. The molecular formula is C12H26N2. The quantitative estimate of drug-likeness (QED) is 0.734. The fourth-order valence-electron chi connectivity index (χ4n) is 2.78. The maximum absolute atomic E-state index is 5.67. The van der Waals surface area contributed by atoms with E-state index in [1.807, 2.05) is 0 Å². The normalized spacial score (nSPS) is 25.9. The van der Waals surface area contributed by atoms with E-state index < -0.39 is 0 Å². The summed E-state index contributed by atoms with van der Waals surface area (Å²) in [5, 5.41) is 0. The molecule has 0 aromatic carbocycles. The van der Waals surface area contributed by atoms with Gasteiger partial charge in [-0.1, -0.05) is 20.8 Å². The molecule has 1 aliphatic heterocycles. The highest BCUT2D eigenvalue weighted by Crippen LogP contribution is 2.27. The Kier molecular flexibility index (Phi) is 4.90. The predicted molar refractivity (Wildman–Crippen MR) is 62.3 cm³/mol. The lowest BCUT2D eigenvalue weighted by atomic mass is 9.99. The van der Waals surface area contributed by atoms with Gasteiger partial charge in [-0.15, -0.1) is 0 Å². The molecule has 0 aromatic rings. The van der Waals surface area contributed by atoms with E-state index in [4.69, 9.17) is 5.73 Å².